The number of hydrogen-bond donors (Lipinski definition) is 1. The van der Waals surface area contributed by atoms with Gasteiger partial charge in [0.2, 0.25) is 0 Å². The Bertz CT molecular complexity index is 436. The molecule has 1 aromatic rings. The summed E-state index contributed by atoms with van der Waals surface area (Å²) in [5.41, 5.74) is 3.19. The van der Waals surface area contributed by atoms with Crippen LogP contribution in [0.1, 0.15) is 24.0 Å². The van der Waals surface area contributed by atoms with E-state index in [1.165, 1.54) is 37.1 Å². The second-order valence-corrected chi connectivity index (χ2v) is 5.59. The van der Waals surface area contributed by atoms with E-state index in [-0.39, 0.29) is 5.54 Å². The molecule has 2 aliphatic rings. The van der Waals surface area contributed by atoms with E-state index in [1.807, 2.05) is 0 Å². The van der Waals surface area contributed by atoms with Gasteiger partial charge in [-0.25, -0.2) is 0 Å². The number of piperidine rings is 1. The third-order valence-electron chi connectivity index (χ3n) is 4.53. The average Bonchev–Trinajstić information content (AvgIpc) is 2.42. The molecular formula is C15H22N2O. The second-order valence-electron chi connectivity index (χ2n) is 5.59. The SMILES string of the molecule is COc1ccc2c(c1)CCNC21CCN(C)CC1. The highest BCUT2D eigenvalue weighted by molar-refractivity contribution is 5.42. The summed E-state index contributed by atoms with van der Waals surface area (Å²) in [5, 5.41) is 3.78. The van der Waals surface area contributed by atoms with Gasteiger partial charge in [0.25, 0.3) is 0 Å². The molecule has 3 heteroatoms. The van der Waals surface area contributed by atoms with Crippen molar-refractivity contribution in [2.24, 2.45) is 0 Å². The summed E-state index contributed by atoms with van der Waals surface area (Å²) in [6, 6.07) is 6.59. The van der Waals surface area contributed by atoms with E-state index >= 15 is 0 Å². The van der Waals surface area contributed by atoms with Crippen LogP contribution in [0.15, 0.2) is 18.2 Å². The van der Waals surface area contributed by atoms with Gasteiger partial charge < -0.3 is 15.0 Å². The van der Waals surface area contributed by atoms with E-state index in [4.69, 9.17) is 4.74 Å². The highest BCUT2D eigenvalue weighted by atomic mass is 16.5. The van der Waals surface area contributed by atoms with Crippen molar-refractivity contribution < 1.29 is 4.74 Å². The summed E-state index contributed by atoms with van der Waals surface area (Å²) >= 11 is 0. The molecule has 0 unspecified atom stereocenters. The first-order chi connectivity index (χ1) is 8.73. The standard InChI is InChI=1S/C15H22N2O/c1-17-9-6-15(7-10-17)14-4-3-13(18-2)11-12(14)5-8-16-15/h3-4,11,16H,5-10H2,1-2H3. The molecule has 1 aromatic carbocycles. The predicted molar refractivity (Wildman–Crippen MR) is 73.1 cm³/mol. The molecule has 0 amide bonds. The number of ether oxygens (including phenoxy) is 1. The molecule has 0 aliphatic carbocycles. The zero-order valence-electron chi connectivity index (χ0n) is 11.3. The third kappa shape index (κ3) is 1.91. The fourth-order valence-corrected chi connectivity index (χ4v) is 3.35. The number of nitrogens with zero attached hydrogens (tertiary/aromatic N) is 1. The largest absolute Gasteiger partial charge is 0.497 e. The van der Waals surface area contributed by atoms with Crippen LogP contribution in [0, 0.1) is 0 Å². The van der Waals surface area contributed by atoms with Crippen LogP contribution in [-0.4, -0.2) is 38.7 Å². The fourth-order valence-electron chi connectivity index (χ4n) is 3.35. The van der Waals surface area contributed by atoms with Crippen LogP contribution in [0.4, 0.5) is 0 Å². The molecule has 1 fully saturated rings. The Hall–Kier alpha value is -1.06. The van der Waals surface area contributed by atoms with Crippen molar-refractivity contribution in [2.75, 3.05) is 33.8 Å². The number of nitrogens with one attached hydrogen (secondary N) is 1. The summed E-state index contributed by atoms with van der Waals surface area (Å²) in [7, 11) is 3.96. The molecule has 1 saturated heterocycles. The van der Waals surface area contributed by atoms with E-state index < -0.39 is 0 Å². The van der Waals surface area contributed by atoms with Gasteiger partial charge in [-0.2, -0.15) is 0 Å². The molecule has 1 spiro atoms. The second kappa shape index (κ2) is 4.56. The Balaban J connectivity index is 1.96. The van der Waals surface area contributed by atoms with Crippen molar-refractivity contribution >= 4 is 0 Å². The number of fused-ring (bicyclic) bond motifs is 2. The first kappa shape index (κ1) is 12.0. The van der Waals surface area contributed by atoms with Crippen molar-refractivity contribution in [3.8, 4) is 5.75 Å². The maximum absolute atomic E-state index is 5.34. The number of hydrogen-bond acceptors (Lipinski definition) is 3. The van der Waals surface area contributed by atoms with Crippen molar-refractivity contribution in [1.29, 1.82) is 0 Å². The number of benzene rings is 1. The molecule has 0 atom stereocenters. The van der Waals surface area contributed by atoms with Crippen LogP contribution in [0.5, 0.6) is 5.75 Å². The van der Waals surface area contributed by atoms with Crippen LogP contribution in [0.25, 0.3) is 0 Å². The first-order valence-electron chi connectivity index (χ1n) is 6.84. The monoisotopic (exact) mass is 246 g/mol. The molecule has 2 aliphatic heterocycles. The van der Waals surface area contributed by atoms with Crippen LogP contribution >= 0.6 is 0 Å². The van der Waals surface area contributed by atoms with Crippen molar-refractivity contribution in [1.82, 2.24) is 10.2 Å². The van der Waals surface area contributed by atoms with E-state index in [9.17, 15) is 0 Å². The lowest BCUT2D eigenvalue weighted by molar-refractivity contribution is 0.150. The number of rotatable bonds is 1. The van der Waals surface area contributed by atoms with Crippen molar-refractivity contribution in [3.05, 3.63) is 29.3 Å². The lowest BCUT2D eigenvalue weighted by Crippen LogP contribution is -2.53. The van der Waals surface area contributed by atoms with Gasteiger partial charge in [0.05, 0.1) is 7.11 Å². The summed E-state index contributed by atoms with van der Waals surface area (Å²) < 4.78 is 5.34. The maximum atomic E-state index is 5.34. The van der Waals surface area contributed by atoms with Gasteiger partial charge in [0.1, 0.15) is 5.75 Å². The van der Waals surface area contributed by atoms with Crippen LogP contribution in [-0.2, 0) is 12.0 Å². The number of likely N-dealkylation sites (tertiary alicyclic amines) is 1. The van der Waals surface area contributed by atoms with Crippen LogP contribution in [0.3, 0.4) is 0 Å². The molecule has 0 saturated carbocycles. The zero-order valence-corrected chi connectivity index (χ0v) is 11.3. The molecule has 3 rings (SSSR count). The summed E-state index contributed by atoms with van der Waals surface area (Å²) in [5.74, 6) is 0.985. The highest BCUT2D eigenvalue weighted by Gasteiger charge is 2.38. The Morgan fingerprint density at radius 2 is 2.06 bits per heavy atom. The normalized spacial score (nSPS) is 22.8. The lowest BCUT2D eigenvalue weighted by atomic mass is 9.76. The Kier molecular flexibility index (Phi) is 3.04. The summed E-state index contributed by atoms with van der Waals surface area (Å²) in [6.07, 6.45) is 3.54. The quantitative estimate of drug-likeness (QED) is 0.817. The van der Waals surface area contributed by atoms with Gasteiger partial charge in [-0.15, -0.1) is 0 Å². The summed E-state index contributed by atoms with van der Waals surface area (Å²) in [6.45, 7) is 3.45. The van der Waals surface area contributed by atoms with Crippen molar-refractivity contribution in [2.45, 2.75) is 24.8 Å². The molecule has 18 heavy (non-hydrogen) atoms. The maximum Gasteiger partial charge on any atom is 0.119 e. The Morgan fingerprint density at radius 3 is 2.78 bits per heavy atom. The molecular weight excluding hydrogens is 224 g/mol. The van der Waals surface area contributed by atoms with Gasteiger partial charge in [0.15, 0.2) is 0 Å². The van der Waals surface area contributed by atoms with Crippen LogP contribution in [0.2, 0.25) is 0 Å². The molecule has 2 heterocycles. The molecule has 3 nitrogen and oxygen atoms in total. The van der Waals surface area contributed by atoms with Gasteiger partial charge in [-0.3, -0.25) is 0 Å². The predicted octanol–water partition coefficient (Wildman–Crippen LogP) is 1.76. The Morgan fingerprint density at radius 1 is 1.28 bits per heavy atom. The van der Waals surface area contributed by atoms with Crippen molar-refractivity contribution in [3.63, 3.8) is 0 Å². The molecule has 0 bridgehead atoms. The summed E-state index contributed by atoms with van der Waals surface area (Å²) in [4.78, 5) is 2.42. The van der Waals surface area contributed by atoms with E-state index in [0.717, 1.165) is 18.7 Å². The minimum absolute atomic E-state index is 0.215. The zero-order chi connectivity index (χ0) is 12.6. The highest BCUT2D eigenvalue weighted by Crippen LogP contribution is 2.38. The minimum atomic E-state index is 0.215. The molecule has 98 valence electrons. The average molecular weight is 246 g/mol. The molecule has 0 aromatic heterocycles. The van der Waals surface area contributed by atoms with Crippen LogP contribution < -0.4 is 10.1 Å². The molecule has 0 radical (unpaired) electrons. The third-order valence-corrected chi connectivity index (χ3v) is 4.53. The van der Waals surface area contributed by atoms with E-state index in [2.05, 4.69) is 35.5 Å². The van der Waals surface area contributed by atoms with E-state index in [1.54, 1.807) is 7.11 Å². The van der Waals surface area contributed by atoms with E-state index in [0.29, 0.717) is 0 Å². The minimum Gasteiger partial charge on any atom is -0.497 e. The number of methoxy groups -OCH3 is 1. The van der Waals surface area contributed by atoms with Gasteiger partial charge >= 0.3 is 0 Å². The molecule has 1 N–H and O–H groups in total. The fraction of sp³-hybridized carbons (Fsp3) is 0.600. The van der Waals surface area contributed by atoms with Gasteiger partial charge in [-0.1, -0.05) is 6.07 Å². The first-order valence-corrected chi connectivity index (χ1v) is 6.84. The lowest BCUT2D eigenvalue weighted by Gasteiger charge is -2.45. The van der Waals surface area contributed by atoms with Gasteiger partial charge in [0, 0.05) is 12.1 Å². The smallest absolute Gasteiger partial charge is 0.119 e. The topological polar surface area (TPSA) is 24.5 Å². The Labute approximate surface area is 109 Å². The van der Waals surface area contributed by atoms with Gasteiger partial charge in [-0.05, 0) is 62.7 Å².